The standard InChI is InChI=1S/C46H56INO8S/c1-29(2)26-37(41-43(49)35-18-7-3-5-9-20-38(35)55-45(41)51)31-14-11-16-33(27-31)48(57(53,54)25-13-24-47)34-17-12-15-32(28-34)40(30-22-23-30)42-44(50)36-19-8-4-6-10-21-39(36)56-46(42)52/h11-12,14-17,27-30,37,40,49-50H,3-10,13,18-26H2,1-2H3. The van der Waals surface area contributed by atoms with Gasteiger partial charge in [-0.1, -0.05) is 86.4 Å². The van der Waals surface area contributed by atoms with Crippen molar-refractivity contribution in [3.05, 3.63) is 114 Å². The van der Waals surface area contributed by atoms with Gasteiger partial charge in [0.15, 0.2) is 0 Å². The number of sulfonamides is 1. The third-order valence-corrected chi connectivity index (χ3v) is 14.6. The number of fused-ring (bicyclic) bond motifs is 2. The van der Waals surface area contributed by atoms with E-state index in [-0.39, 0.29) is 40.2 Å². The first-order valence-corrected chi connectivity index (χ1v) is 24.2. The van der Waals surface area contributed by atoms with Gasteiger partial charge in [0.1, 0.15) is 23.0 Å². The number of hydrogen-bond donors (Lipinski definition) is 2. The molecule has 0 amide bonds. The Morgan fingerprint density at radius 1 is 0.737 bits per heavy atom. The molecule has 0 radical (unpaired) electrons. The molecule has 1 fully saturated rings. The summed E-state index contributed by atoms with van der Waals surface area (Å²) >= 11 is 2.19. The van der Waals surface area contributed by atoms with Crippen molar-refractivity contribution in [3.8, 4) is 11.5 Å². The summed E-state index contributed by atoms with van der Waals surface area (Å²) < 4.78 is 42.9. The number of rotatable bonds is 13. The summed E-state index contributed by atoms with van der Waals surface area (Å²) in [6.45, 7) is 4.13. The number of halogens is 1. The molecule has 2 aromatic heterocycles. The third kappa shape index (κ3) is 9.19. The first-order chi connectivity index (χ1) is 27.5. The van der Waals surface area contributed by atoms with Crippen molar-refractivity contribution in [1.29, 1.82) is 0 Å². The van der Waals surface area contributed by atoms with Crippen LogP contribution in [0.15, 0.2) is 67.0 Å². The topological polar surface area (TPSA) is 138 Å². The molecule has 2 aromatic carbocycles. The molecule has 3 aliphatic rings. The summed E-state index contributed by atoms with van der Waals surface area (Å²) in [6.07, 6.45) is 13.1. The van der Waals surface area contributed by atoms with Gasteiger partial charge >= 0.3 is 11.3 Å². The average molecular weight is 910 g/mol. The van der Waals surface area contributed by atoms with E-state index in [1.807, 2.05) is 36.4 Å². The second kappa shape index (κ2) is 18.1. The van der Waals surface area contributed by atoms with Gasteiger partial charge in [-0.05, 0) is 111 Å². The molecule has 1 saturated carbocycles. The van der Waals surface area contributed by atoms with Gasteiger partial charge in [0.25, 0.3) is 0 Å². The quantitative estimate of drug-likeness (QED) is 0.0999. The minimum absolute atomic E-state index is 0.00521. The van der Waals surface area contributed by atoms with Gasteiger partial charge in [-0.2, -0.15) is 0 Å². The molecule has 57 heavy (non-hydrogen) atoms. The Balaban J connectivity index is 1.34. The number of hydrogen-bond acceptors (Lipinski definition) is 8. The van der Waals surface area contributed by atoms with E-state index in [4.69, 9.17) is 8.83 Å². The van der Waals surface area contributed by atoms with Crippen LogP contribution in [0.5, 0.6) is 11.5 Å². The van der Waals surface area contributed by atoms with Gasteiger partial charge in [-0.15, -0.1) is 0 Å². The fourth-order valence-electron chi connectivity index (χ4n) is 9.13. The molecule has 3 aliphatic carbocycles. The lowest BCUT2D eigenvalue weighted by Crippen LogP contribution is -2.29. The minimum Gasteiger partial charge on any atom is -0.507 e. The Hall–Kier alpha value is -3.58. The summed E-state index contributed by atoms with van der Waals surface area (Å²) in [6, 6.07) is 14.6. The molecule has 0 saturated heterocycles. The molecule has 0 aliphatic heterocycles. The normalized spacial score (nSPS) is 17.4. The number of anilines is 2. The summed E-state index contributed by atoms with van der Waals surface area (Å²) in [5, 5.41) is 23.6. The van der Waals surface area contributed by atoms with Crippen LogP contribution >= 0.6 is 22.6 Å². The van der Waals surface area contributed by atoms with Gasteiger partial charge in [-0.3, -0.25) is 0 Å². The summed E-state index contributed by atoms with van der Waals surface area (Å²) in [5.74, 6) is 0.351. The predicted octanol–water partition coefficient (Wildman–Crippen LogP) is 10.3. The summed E-state index contributed by atoms with van der Waals surface area (Å²) in [5.41, 5.74) is 3.14. The van der Waals surface area contributed by atoms with Crippen molar-refractivity contribution in [2.24, 2.45) is 11.8 Å². The van der Waals surface area contributed by atoms with E-state index in [0.29, 0.717) is 77.0 Å². The third-order valence-electron chi connectivity index (χ3n) is 12.0. The zero-order valence-electron chi connectivity index (χ0n) is 33.2. The SMILES string of the molecule is CC(C)CC(c1cccc(N(c2cccc(C(c3c(O)c4c(oc3=O)CCCCCC4)C3CC3)c2)S(=O)(=O)CCCI)c1)c1c(O)c2c(oc1=O)CCCCCC2. The van der Waals surface area contributed by atoms with Crippen molar-refractivity contribution >= 4 is 44.0 Å². The van der Waals surface area contributed by atoms with E-state index < -0.39 is 33.1 Å². The van der Waals surface area contributed by atoms with E-state index >= 15 is 0 Å². The monoisotopic (exact) mass is 909 g/mol. The minimum atomic E-state index is -3.94. The van der Waals surface area contributed by atoms with Crippen LogP contribution < -0.4 is 15.6 Å². The van der Waals surface area contributed by atoms with E-state index in [1.54, 1.807) is 12.1 Å². The molecule has 2 N–H and O–H groups in total. The molecule has 2 heterocycles. The molecule has 7 rings (SSSR count). The van der Waals surface area contributed by atoms with Crippen molar-refractivity contribution in [2.75, 3.05) is 14.5 Å². The molecule has 0 spiro atoms. The van der Waals surface area contributed by atoms with Gasteiger partial charge in [0.2, 0.25) is 10.0 Å². The van der Waals surface area contributed by atoms with E-state index in [2.05, 4.69) is 36.4 Å². The number of alkyl halides is 1. The van der Waals surface area contributed by atoms with Crippen LogP contribution in [0.1, 0.15) is 148 Å². The Kier molecular flexibility index (Phi) is 13.2. The van der Waals surface area contributed by atoms with E-state index in [1.165, 1.54) is 4.31 Å². The Bertz CT molecular complexity index is 2290. The first kappa shape index (κ1) is 41.6. The highest BCUT2D eigenvalue weighted by molar-refractivity contribution is 14.1. The van der Waals surface area contributed by atoms with E-state index in [0.717, 1.165) is 75.3 Å². The van der Waals surface area contributed by atoms with Crippen molar-refractivity contribution < 1.29 is 27.5 Å². The Labute approximate surface area is 350 Å². The lowest BCUT2D eigenvalue weighted by molar-refractivity contribution is 0.379. The van der Waals surface area contributed by atoms with Gasteiger partial charge in [-0.25, -0.2) is 22.3 Å². The molecule has 306 valence electrons. The largest absolute Gasteiger partial charge is 0.507 e. The van der Waals surface area contributed by atoms with Crippen LogP contribution in [0, 0.1) is 11.8 Å². The van der Waals surface area contributed by atoms with Crippen LogP contribution in [0.4, 0.5) is 11.4 Å². The van der Waals surface area contributed by atoms with E-state index in [9.17, 15) is 28.2 Å². The lowest BCUT2D eigenvalue weighted by atomic mass is 9.83. The van der Waals surface area contributed by atoms with Crippen LogP contribution in [0.2, 0.25) is 0 Å². The maximum absolute atomic E-state index is 14.5. The second-order valence-electron chi connectivity index (χ2n) is 16.7. The molecular formula is C46H56INO8S. The fourth-order valence-corrected chi connectivity index (χ4v) is 11.6. The van der Waals surface area contributed by atoms with Crippen LogP contribution in [-0.4, -0.2) is 28.8 Å². The summed E-state index contributed by atoms with van der Waals surface area (Å²) in [7, 11) is -3.94. The van der Waals surface area contributed by atoms with Gasteiger partial charge in [0.05, 0.1) is 28.3 Å². The molecule has 0 bridgehead atoms. The maximum atomic E-state index is 14.5. The number of benzene rings is 2. The molecule has 11 heteroatoms. The lowest BCUT2D eigenvalue weighted by Gasteiger charge is -2.28. The van der Waals surface area contributed by atoms with Crippen LogP contribution in [-0.2, 0) is 35.7 Å². The molecule has 2 unspecified atom stereocenters. The highest BCUT2D eigenvalue weighted by Gasteiger charge is 2.39. The highest BCUT2D eigenvalue weighted by atomic mass is 127. The van der Waals surface area contributed by atoms with Gasteiger partial charge < -0.3 is 19.0 Å². The van der Waals surface area contributed by atoms with Gasteiger partial charge in [0, 0.05) is 40.2 Å². The zero-order chi connectivity index (χ0) is 40.3. The maximum Gasteiger partial charge on any atom is 0.343 e. The van der Waals surface area contributed by atoms with Crippen molar-refractivity contribution in [3.63, 3.8) is 0 Å². The molecular weight excluding hydrogens is 853 g/mol. The van der Waals surface area contributed by atoms with Crippen LogP contribution in [0.3, 0.4) is 0 Å². The number of aromatic hydroxyl groups is 2. The smallest absolute Gasteiger partial charge is 0.343 e. The fraction of sp³-hybridized carbons (Fsp3) is 0.522. The molecule has 9 nitrogen and oxygen atoms in total. The average Bonchev–Trinajstić information content (AvgIpc) is 3.99. The second-order valence-corrected chi connectivity index (χ2v) is 19.8. The Morgan fingerprint density at radius 2 is 1.25 bits per heavy atom. The number of nitrogens with zero attached hydrogens (tertiary/aromatic N) is 1. The molecule has 4 aromatic rings. The predicted molar refractivity (Wildman–Crippen MR) is 233 cm³/mol. The highest BCUT2D eigenvalue weighted by Crippen LogP contribution is 2.50. The van der Waals surface area contributed by atoms with Crippen molar-refractivity contribution in [2.45, 2.75) is 128 Å². The zero-order valence-corrected chi connectivity index (χ0v) is 36.2. The molecule has 2 atom stereocenters. The summed E-state index contributed by atoms with van der Waals surface area (Å²) in [4.78, 5) is 27.5. The van der Waals surface area contributed by atoms with Crippen LogP contribution in [0.25, 0.3) is 0 Å². The number of aryl methyl sites for hydroxylation is 2. The van der Waals surface area contributed by atoms with Crippen molar-refractivity contribution in [1.82, 2.24) is 0 Å². The first-order valence-electron chi connectivity index (χ1n) is 21.0. The Morgan fingerprint density at radius 3 is 1.79 bits per heavy atom.